The van der Waals surface area contributed by atoms with Gasteiger partial charge in [0.2, 0.25) is 5.95 Å². The molecule has 8 nitrogen and oxygen atoms in total. The maximum Gasteiger partial charge on any atom is 0.223 e. The van der Waals surface area contributed by atoms with Gasteiger partial charge in [-0.2, -0.15) is 4.98 Å². The van der Waals surface area contributed by atoms with E-state index in [9.17, 15) is 0 Å². The summed E-state index contributed by atoms with van der Waals surface area (Å²) in [6.07, 6.45) is 1.52. The van der Waals surface area contributed by atoms with E-state index < -0.39 is 20.3 Å². The van der Waals surface area contributed by atoms with Crippen LogP contribution in [-0.2, 0) is 25.1 Å². The van der Waals surface area contributed by atoms with E-state index in [1.807, 2.05) is 24.6 Å². The number of hydrogen-bond donors (Lipinski definition) is 1. The predicted octanol–water partition coefficient (Wildman–Crippen LogP) is 4.67. The lowest BCUT2D eigenvalue weighted by molar-refractivity contribution is -0.199. The van der Waals surface area contributed by atoms with Crippen LogP contribution >= 0.6 is 11.6 Å². The van der Waals surface area contributed by atoms with Gasteiger partial charge in [-0.15, -0.1) is 0 Å². The van der Waals surface area contributed by atoms with Crippen LogP contribution < -0.4 is 5.73 Å². The van der Waals surface area contributed by atoms with E-state index >= 15 is 0 Å². The number of rotatable bonds is 5. The summed E-state index contributed by atoms with van der Waals surface area (Å²) in [5, 5.41) is 1.25. The molecule has 2 aliphatic heterocycles. The molecule has 2 aromatic heterocycles. The molecule has 2 fully saturated rings. The molecule has 0 bridgehead atoms. The Hall–Kier alpha value is -1.23. The summed E-state index contributed by atoms with van der Waals surface area (Å²) in [5.74, 6) is -0.588. The second kappa shape index (κ2) is 7.92. The molecular formula is C22H35ClN4O4Si. The molecular weight excluding hydrogens is 448 g/mol. The first kappa shape index (κ1) is 23.9. The van der Waals surface area contributed by atoms with Crippen molar-refractivity contribution in [2.45, 2.75) is 96.4 Å². The molecule has 10 heteroatoms. The van der Waals surface area contributed by atoms with Gasteiger partial charge in [0.25, 0.3) is 0 Å². The lowest BCUT2D eigenvalue weighted by Crippen LogP contribution is -2.44. The topological polar surface area (TPSA) is 93.7 Å². The van der Waals surface area contributed by atoms with Crippen molar-refractivity contribution in [3.05, 3.63) is 16.9 Å². The molecule has 0 saturated carbocycles. The average Bonchev–Trinajstić information content (AvgIpc) is 3.27. The van der Waals surface area contributed by atoms with Gasteiger partial charge < -0.3 is 28.9 Å². The Labute approximate surface area is 195 Å². The average molecular weight is 483 g/mol. The number of anilines is 1. The van der Waals surface area contributed by atoms with Crippen LogP contribution in [0.2, 0.25) is 23.3 Å². The molecule has 2 aliphatic rings. The Morgan fingerprint density at radius 2 is 1.88 bits per heavy atom. The fourth-order valence-electron chi connectivity index (χ4n) is 4.18. The first-order chi connectivity index (χ1) is 14.7. The Balaban J connectivity index is 1.70. The molecule has 4 atom stereocenters. The minimum Gasteiger partial charge on any atom is -0.414 e. The van der Waals surface area contributed by atoms with Crippen LogP contribution in [0.5, 0.6) is 0 Å². The molecule has 0 radical (unpaired) electrons. The van der Waals surface area contributed by atoms with Gasteiger partial charge in [-0.1, -0.05) is 39.3 Å². The molecule has 1 unspecified atom stereocenters. The highest BCUT2D eigenvalue weighted by atomic mass is 35.5. The fraction of sp³-hybridized carbons (Fsp3) is 0.727. The summed E-state index contributed by atoms with van der Waals surface area (Å²) >= 11 is 6.44. The Kier molecular flexibility index (Phi) is 5.92. The number of aromatic nitrogens is 3. The van der Waals surface area contributed by atoms with Crippen LogP contribution in [0.15, 0.2) is 6.20 Å². The molecule has 4 rings (SSSR count). The van der Waals surface area contributed by atoms with Crippen molar-refractivity contribution in [3.63, 3.8) is 0 Å². The molecule has 0 aromatic carbocycles. The smallest absolute Gasteiger partial charge is 0.223 e. The van der Waals surface area contributed by atoms with Gasteiger partial charge in [0, 0.05) is 6.20 Å². The van der Waals surface area contributed by atoms with Gasteiger partial charge in [0.15, 0.2) is 20.3 Å². The van der Waals surface area contributed by atoms with Crippen molar-refractivity contribution in [1.82, 2.24) is 14.5 Å². The molecule has 178 valence electrons. The van der Waals surface area contributed by atoms with Crippen LogP contribution in [0.3, 0.4) is 0 Å². The monoisotopic (exact) mass is 482 g/mol. The van der Waals surface area contributed by atoms with E-state index in [1.54, 1.807) is 0 Å². The van der Waals surface area contributed by atoms with E-state index in [2.05, 4.69) is 50.8 Å². The Bertz CT molecular complexity index is 1020. The largest absolute Gasteiger partial charge is 0.414 e. The van der Waals surface area contributed by atoms with Crippen molar-refractivity contribution in [3.8, 4) is 0 Å². The molecule has 2 aromatic rings. The van der Waals surface area contributed by atoms with Crippen LogP contribution in [0.4, 0.5) is 5.95 Å². The van der Waals surface area contributed by atoms with E-state index in [1.165, 1.54) is 0 Å². The zero-order valence-corrected chi connectivity index (χ0v) is 22.0. The second-order valence-electron chi connectivity index (χ2n) is 10.7. The highest BCUT2D eigenvalue weighted by Gasteiger charge is 2.56. The van der Waals surface area contributed by atoms with Crippen LogP contribution in [0.25, 0.3) is 11.0 Å². The standard InChI is InChI=1S/C22H35ClN4O4Si/c1-9-12-10-27(18-14(12)17(23)25-20(24)26-18)19-16-15(30-22(5,6)31-16)13(29-19)11-28-32(7,8)21(2,3)4/h10,13,15-16,19H,9,11H2,1-8H3,(H2,24,25,26)/t13-,15-,16-,19?/m1/s1. The normalized spacial score (nSPS) is 27.9. The summed E-state index contributed by atoms with van der Waals surface area (Å²) in [5.41, 5.74) is 7.60. The maximum absolute atomic E-state index is 6.53. The van der Waals surface area contributed by atoms with Gasteiger partial charge in [-0.05, 0) is 44.0 Å². The summed E-state index contributed by atoms with van der Waals surface area (Å²) in [6, 6.07) is 0. The minimum absolute atomic E-state index is 0.106. The summed E-state index contributed by atoms with van der Waals surface area (Å²) in [6.45, 7) is 17.5. The third-order valence-corrected chi connectivity index (χ3v) is 11.7. The number of ether oxygens (including phenoxy) is 3. The molecule has 0 spiro atoms. The number of halogens is 1. The number of hydrogen-bond acceptors (Lipinski definition) is 7. The Morgan fingerprint density at radius 3 is 2.50 bits per heavy atom. The first-order valence-corrected chi connectivity index (χ1v) is 14.5. The molecule has 4 heterocycles. The molecule has 2 saturated heterocycles. The fourth-order valence-corrected chi connectivity index (χ4v) is 5.49. The van der Waals surface area contributed by atoms with Crippen LogP contribution in [0, 0.1) is 0 Å². The highest BCUT2D eigenvalue weighted by Crippen LogP contribution is 2.45. The van der Waals surface area contributed by atoms with Gasteiger partial charge in [0.1, 0.15) is 29.1 Å². The molecule has 32 heavy (non-hydrogen) atoms. The van der Waals surface area contributed by atoms with Gasteiger partial charge >= 0.3 is 0 Å². The van der Waals surface area contributed by atoms with E-state index in [0.29, 0.717) is 17.4 Å². The summed E-state index contributed by atoms with van der Waals surface area (Å²) < 4.78 is 27.6. The number of nitrogen functional groups attached to an aromatic ring is 1. The highest BCUT2D eigenvalue weighted by molar-refractivity contribution is 6.74. The molecule has 2 N–H and O–H groups in total. The van der Waals surface area contributed by atoms with Crippen molar-refractivity contribution in [1.29, 1.82) is 0 Å². The van der Waals surface area contributed by atoms with Gasteiger partial charge in [-0.25, -0.2) is 4.98 Å². The van der Waals surface area contributed by atoms with E-state index in [4.69, 9.17) is 36.0 Å². The number of aryl methyl sites for hydroxylation is 1. The van der Waals surface area contributed by atoms with Crippen LogP contribution in [0.1, 0.15) is 53.3 Å². The second-order valence-corrected chi connectivity index (χ2v) is 15.9. The minimum atomic E-state index is -1.95. The van der Waals surface area contributed by atoms with Crippen molar-refractivity contribution < 1.29 is 18.6 Å². The molecule has 0 aliphatic carbocycles. The Morgan fingerprint density at radius 1 is 1.22 bits per heavy atom. The van der Waals surface area contributed by atoms with E-state index in [0.717, 1.165) is 17.4 Å². The maximum atomic E-state index is 6.53. The predicted molar refractivity (Wildman–Crippen MR) is 127 cm³/mol. The number of nitrogens with zero attached hydrogens (tertiary/aromatic N) is 3. The van der Waals surface area contributed by atoms with Crippen molar-refractivity contribution in [2.24, 2.45) is 0 Å². The molecule has 0 amide bonds. The zero-order valence-electron chi connectivity index (χ0n) is 20.2. The number of fused-ring (bicyclic) bond motifs is 2. The summed E-state index contributed by atoms with van der Waals surface area (Å²) in [7, 11) is -1.95. The van der Waals surface area contributed by atoms with Crippen molar-refractivity contribution >= 4 is 36.9 Å². The zero-order chi connectivity index (χ0) is 23.6. The SMILES string of the molecule is CCc1cn(C2O[C@H](CO[Si](C)(C)C(C)(C)C)[C@H]3OC(C)(C)O[C@@H]23)c2nc(N)nc(Cl)c12. The van der Waals surface area contributed by atoms with Crippen molar-refractivity contribution in [2.75, 3.05) is 12.3 Å². The first-order valence-electron chi connectivity index (χ1n) is 11.2. The third-order valence-electron chi connectivity index (χ3n) is 6.92. The third kappa shape index (κ3) is 4.08. The van der Waals surface area contributed by atoms with Gasteiger partial charge in [-0.3, -0.25) is 0 Å². The van der Waals surface area contributed by atoms with E-state index in [-0.39, 0.29) is 29.3 Å². The lowest BCUT2D eigenvalue weighted by Gasteiger charge is -2.37. The summed E-state index contributed by atoms with van der Waals surface area (Å²) in [4.78, 5) is 8.63. The van der Waals surface area contributed by atoms with Gasteiger partial charge in [0.05, 0.1) is 12.0 Å². The van der Waals surface area contributed by atoms with Crippen LogP contribution in [-0.4, -0.2) is 53.6 Å². The lowest BCUT2D eigenvalue weighted by atomic mass is 10.1. The number of nitrogens with two attached hydrogens (primary N) is 1. The quantitative estimate of drug-likeness (QED) is 0.488.